The van der Waals surface area contributed by atoms with Crippen LogP contribution in [0.3, 0.4) is 0 Å². The predicted molar refractivity (Wildman–Crippen MR) is 134 cm³/mol. The maximum atomic E-state index is 14.2. The minimum atomic E-state index is -0.688. The van der Waals surface area contributed by atoms with Gasteiger partial charge in [-0.2, -0.15) is 0 Å². The summed E-state index contributed by atoms with van der Waals surface area (Å²) in [5.74, 6) is -0.536. The molecule has 0 bridgehead atoms. The summed E-state index contributed by atoms with van der Waals surface area (Å²) in [5, 5.41) is 5.63. The summed E-state index contributed by atoms with van der Waals surface area (Å²) < 4.78 is 14.2. The average molecular weight is 504 g/mol. The van der Waals surface area contributed by atoms with Crippen LogP contribution in [0.1, 0.15) is 47.2 Å². The number of nitrogens with zero attached hydrogens (tertiary/aromatic N) is 4. The molecule has 1 aliphatic rings. The van der Waals surface area contributed by atoms with Gasteiger partial charge in [-0.25, -0.2) is 14.4 Å². The second kappa shape index (κ2) is 12.0. The number of ketones is 1. The third-order valence-corrected chi connectivity index (χ3v) is 6.16. The van der Waals surface area contributed by atoms with E-state index in [1.165, 1.54) is 30.4 Å². The predicted octanol–water partition coefficient (Wildman–Crippen LogP) is 5.26. The highest BCUT2D eigenvalue weighted by molar-refractivity contribution is 7.13. The molecule has 0 spiro atoms. The topological polar surface area (TPSA) is 78.4 Å². The lowest BCUT2D eigenvalue weighted by molar-refractivity contribution is 0.0622. The van der Waals surface area contributed by atoms with Crippen molar-refractivity contribution in [3.8, 4) is 0 Å². The van der Waals surface area contributed by atoms with Crippen LogP contribution in [0.5, 0.6) is 0 Å². The first-order chi connectivity index (χ1) is 16.4. The summed E-state index contributed by atoms with van der Waals surface area (Å²) >= 11 is 7.26. The summed E-state index contributed by atoms with van der Waals surface area (Å²) in [7, 11) is 0. The molecule has 0 saturated carbocycles. The Hall–Kier alpha value is -2.88. The number of thiazole rings is 1. The number of carbonyl (C=O) groups is 2. The van der Waals surface area contributed by atoms with Gasteiger partial charge in [0.05, 0.1) is 16.3 Å². The summed E-state index contributed by atoms with van der Waals surface area (Å²) in [5.41, 5.74) is 1.30. The van der Waals surface area contributed by atoms with Gasteiger partial charge in [-0.15, -0.1) is 11.3 Å². The first-order valence-electron chi connectivity index (χ1n) is 11.0. The summed E-state index contributed by atoms with van der Waals surface area (Å²) in [6.07, 6.45) is 1.69. The lowest BCUT2D eigenvalue weighted by Crippen LogP contribution is -2.48. The molecular weight excluding hydrogens is 477 g/mol. The Balaban J connectivity index is 0.00000158. The van der Waals surface area contributed by atoms with Crippen LogP contribution >= 0.6 is 22.9 Å². The molecule has 1 aliphatic heterocycles. The molecule has 1 N–H and O–H groups in total. The van der Waals surface area contributed by atoms with Crippen LogP contribution in [0.25, 0.3) is 0 Å². The lowest BCUT2D eigenvalue weighted by atomic mass is 10.1. The van der Waals surface area contributed by atoms with Crippen LogP contribution in [0.15, 0.2) is 41.9 Å². The van der Waals surface area contributed by atoms with Gasteiger partial charge in [-0.05, 0) is 31.2 Å². The maximum absolute atomic E-state index is 14.2. The fourth-order valence-corrected chi connectivity index (χ4v) is 4.22. The van der Waals surface area contributed by atoms with E-state index in [1.54, 1.807) is 29.3 Å². The normalized spacial score (nSPS) is 13.7. The van der Waals surface area contributed by atoms with Crippen molar-refractivity contribution < 1.29 is 14.0 Å². The number of amides is 1. The van der Waals surface area contributed by atoms with Crippen LogP contribution in [-0.4, -0.2) is 57.6 Å². The van der Waals surface area contributed by atoms with E-state index in [1.807, 2.05) is 19.2 Å². The van der Waals surface area contributed by atoms with Crippen LogP contribution in [0, 0.1) is 5.82 Å². The minimum absolute atomic E-state index is 0.0142. The van der Waals surface area contributed by atoms with Crippen molar-refractivity contribution in [2.24, 2.45) is 0 Å². The molecule has 0 unspecified atom stereocenters. The zero-order valence-corrected chi connectivity index (χ0v) is 20.9. The van der Waals surface area contributed by atoms with Crippen molar-refractivity contribution in [3.05, 3.63) is 69.6 Å². The van der Waals surface area contributed by atoms with Crippen molar-refractivity contribution >= 4 is 45.6 Å². The van der Waals surface area contributed by atoms with E-state index in [9.17, 15) is 14.0 Å². The smallest absolute Gasteiger partial charge is 0.256 e. The van der Waals surface area contributed by atoms with Gasteiger partial charge < -0.3 is 10.2 Å². The van der Waals surface area contributed by atoms with Gasteiger partial charge >= 0.3 is 0 Å². The summed E-state index contributed by atoms with van der Waals surface area (Å²) in [4.78, 5) is 37.3. The van der Waals surface area contributed by atoms with Crippen LogP contribution in [0.4, 0.5) is 15.3 Å². The van der Waals surface area contributed by atoms with Gasteiger partial charge in [-0.3, -0.25) is 14.5 Å². The van der Waals surface area contributed by atoms with Gasteiger partial charge in [0.2, 0.25) is 0 Å². The number of hydrogen-bond donors (Lipinski definition) is 1. The number of Topliss-reactive ketones (excluding diaryl/α,β-unsaturated/α-hetero) is 1. The Morgan fingerprint density at radius 3 is 2.56 bits per heavy atom. The minimum Gasteiger partial charge on any atom is -0.336 e. The molecule has 1 saturated heterocycles. The van der Waals surface area contributed by atoms with E-state index in [0.717, 1.165) is 5.69 Å². The third kappa shape index (κ3) is 6.37. The Morgan fingerprint density at radius 1 is 1.18 bits per heavy atom. The second-order valence-corrected chi connectivity index (χ2v) is 8.72. The Labute approximate surface area is 207 Å². The molecule has 0 radical (unpaired) electrons. The lowest BCUT2D eigenvalue weighted by Gasteiger charge is -2.34. The molecule has 4 rings (SSSR count). The molecule has 3 aromatic rings. The standard InChI is InChI=1S/C22H21ClFN5O2S.C2H6/c1-14(30)15-11-16(26-19(12-15)27-22-25-5-10-32-22)13-28-6-8-29(9-7-28)21(31)17-3-2-4-18(23)20(17)24;1-2/h2-5,10-12H,6-9,13H2,1H3,(H,25,26,27);1-2H3. The number of carbonyl (C=O) groups excluding carboxylic acids is 2. The highest BCUT2D eigenvalue weighted by Gasteiger charge is 2.25. The van der Waals surface area contributed by atoms with Crippen LogP contribution < -0.4 is 5.32 Å². The average Bonchev–Trinajstić information content (AvgIpc) is 3.35. The Bertz CT molecular complexity index is 1130. The summed E-state index contributed by atoms with van der Waals surface area (Å²) in [6.45, 7) is 8.18. The number of hydrogen-bond acceptors (Lipinski definition) is 7. The van der Waals surface area contributed by atoms with E-state index >= 15 is 0 Å². The number of anilines is 2. The van der Waals surface area contributed by atoms with E-state index in [-0.39, 0.29) is 22.3 Å². The van der Waals surface area contributed by atoms with Crippen molar-refractivity contribution in [1.82, 2.24) is 19.8 Å². The number of nitrogens with one attached hydrogen (secondary N) is 1. The maximum Gasteiger partial charge on any atom is 0.256 e. The second-order valence-electron chi connectivity index (χ2n) is 7.42. The molecule has 180 valence electrons. The van der Waals surface area contributed by atoms with Crippen molar-refractivity contribution in [1.29, 1.82) is 0 Å². The molecular formula is C24H27ClFN5O2S. The molecule has 1 amide bonds. The van der Waals surface area contributed by atoms with E-state index in [0.29, 0.717) is 49.2 Å². The number of benzene rings is 1. The molecule has 0 atom stereocenters. The summed E-state index contributed by atoms with van der Waals surface area (Å²) in [6, 6.07) is 7.94. The number of piperazine rings is 1. The van der Waals surface area contributed by atoms with Crippen molar-refractivity contribution in [2.75, 3.05) is 31.5 Å². The fraction of sp³-hybridized carbons (Fsp3) is 0.333. The molecule has 34 heavy (non-hydrogen) atoms. The zero-order chi connectivity index (χ0) is 24.7. The van der Waals surface area contributed by atoms with Crippen molar-refractivity contribution in [3.63, 3.8) is 0 Å². The Kier molecular flexibility index (Phi) is 9.09. The molecule has 1 aromatic carbocycles. The number of aromatic nitrogens is 2. The monoisotopic (exact) mass is 503 g/mol. The molecule has 7 nitrogen and oxygen atoms in total. The molecule has 1 fully saturated rings. The quantitative estimate of drug-likeness (QED) is 0.462. The number of halogens is 2. The first-order valence-corrected chi connectivity index (χ1v) is 12.3. The largest absolute Gasteiger partial charge is 0.336 e. The molecule has 2 aromatic heterocycles. The SMILES string of the molecule is CC.CC(=O)c1cc(CN2CCN(C(=O)c3cccc(Cl)c3F)CC2)nc(Nc2nccs2)c1. The van der Waals surface area contributed by atoms with E-state index in [2.05, 4.69) is 20.2 Å². The highest BCUT2D eigenvalue weighted by Crippen LogP contribution is 2.22. The van der Waals surface area contributed by atoms with Gasteiger partial charge in [-0.1, -0.05) is 31.5 Å². The van der Waals surface area contributed by atoms with Crippen LogP contribution in [0.2, 0.25) is 5.02 Å². The van der Waals surface area contributed by atoms with E-state index < -0.39 is 5.82 Å². The third-order valence-electron chi connectivity index (χ3n) is 5.18. The first kappa shape index (κ1) is 25.7. The number of rotatable bonds is 6. The molecule has 0 aliphatic carbocycles. The molecule has 3 heterocycles. The van der Waals surface area contributed by atoms with Crippen LogP contribution in [-0.2, 0) is 6.54 Å². The highest BCUT2D eigenvalue weighted by atomic mass is 35.5. The van der Waals surface area contributed by atoms with Gasteiger partial charge in [0.1, 0.15) is 5.82 Å². The van der Waals surface area contributed by atoms with Crippen molar-refractivity contribution in [2.45, 2.75) is 27.3 Å². The number of pyridine rings is 1. The van der Waals surface area contributed by atoms with E-state index in [4.69, 9.17) is 11.6 Å². The Morgan fingerprint density at radius 2 is 1.91 bits per heavy atom. The zero-order valence-electron chi connectivity index (χ0n) is 19.3. The van der Waals surface area contributed by atoms with Gasteiger partial charge in [0, 0.05) is 49.9 Å². The molecule has 10 heteroatoms. The van der Waals surface area contributed by atoms with Gasteiger partial charge in [0.15, 0.2) is 16.7 Å². The van der Waals surface area contributed by atoms with Gasteiger partial charge in [0.25, 0.3) is 5.91 Å². The fourth-order valence-electron chi connectivity index (χ4n) is 3.51.